The number of nitrogens with two attached hydrogens (primary N) is 1. The van der Waals surface area contributed by atoms with E-state index in [-0.39, 0.29) is 6.29 Å². The predicted molar refractivity (Wildman–Crippen MR) is 33.9 cm³/mol. The van der Waals surface area contributed by atoms with Gasteiger partial charge >= 0.3 is 0 Å². The highest BCUT2D eigenvalue weighted by atomic mass is 16.3. The van der Waals surface area contributed by atoms with Crippen molar-refractivity contribution in [3.63, 3.8) is 0 Å². The molecule has 0 radical (unpaired) electrons. The maximum Gasteiger partial charge on any atom is 0.272 e. The van der Waals surface area contributed by atoms with E-state index in [1.807, 2.05) is 0 Å². The van der Waals surface area contributed by atoms with E-state index >= 15 is 0 Å². The molecule has 1 amide bonds. The monoisotopic (exact) mass is 146 g/mol. The Morgan fingerprint density at radius 2 is 2.10 bits per heavy atom. The van der Waals surface area contributed by atoms with Gasteiger partial charge in [-0.3, -0.25) is 14.5 Å². The lowest BCUT2D eigenvalue weighted by atomic mass is 10.2. The Balaban J connectivity index is 4.54. The molecule has 3 N–H and O–H groups in total. The quantitative estimate of drug-likeness (QED) is 0.272. The molecule has 0 aromatic heterocycles. The van der Waals surface area contributed by atoms with Gasteiger partial charge in [0.25, 0.3) is 11.6 Å². The van der Waals surface area contributed by atoms with Crippen LogP contribution in [0.3, 0.4) is 0 Å². The predicted octanol–water partition coefficient (Wildman–Crippen LogP) is -2.08. The van der Waals surface area contributed by atoms with Gasteiger partial charge in [-0.2, -0.15) is 0 Å². The highest BCUT2D eigenvalue weighted by molar-refractivity contribution is 5.98. The standard InChI is InChI=1S/C5H10N2O3/c1-7(2)5(10,3-8)4(6)9/h3,10H,1-2H3,(H2,6,9)/t5-/m0/s1. The minimum absolute atomic E-state index is 0.0926. The molecule has 1 atom stereocenters. The maximum absolute atomic E-state index is 10.4. The van der Waals surface area contributed by atoms with Gasteiger partial charge in [-0.25, -0.2) is 0 Å². The lowest BCUT2D eigenvalue weighted by Gasteiger charge is -2.24. The summed E-state index contributed by atoms with van der Waals surface area (Å²) in [7, 11) is 2.75. The Labute approximate surface area is 58.4 Å². The molecule has 0 aliphatic heterocycles. The molecule has 0 aliphatic carbocycles. The molecule has 0 heterocycles. The summed E-state index contributed by atoms with van der Waals surface area (Å²) in [5, 5.41) is 9.06. The van der Waals surface area contributed by atoms with Crippen LogP contribution in [0, 0.1) is 0 Å². The van der Waals surface area contributed by atoms with Crippen LogP contribution in [0.25, 0.3) is 0 Å². The van der Waals surface area contributed by atoms with Crippen molar-refractivity contribution < 1.29 is 14.7 Å². The lowest BCUT2D eigenvalue weighted by molar-refractivity contribution is -0.159. The van der Waals surface area contributed by atoms with Crippen LogP contribution in [-0.2, 0) is 9.59 Å². The van der Waals surface area contributed by atoms with Crippen LogP contribution in [0.15, 0.2) is 0 Å². The Morgan fingerprint density at radius 3 is 2.10 bits per heavy atom. The van der Waals surface area contributed by atoms with Gasteiger partial charge in [-0.05, 0) is 14.1 Å². The average molecular weight is 146 g/mol. The Hall–Kier alpha value is -0.940. The van der Waals surface area contributed by atoms with Crippen LogP contribution in [0.1, 0.15) is 0 Å². The summed E-state index contributed by atoms with van der Waals surface area (Å²) in [5.41, 5.74) is 2.55. The average Bonchev–Trinajstić information content (AvgIpc) is 1.85. The molecule has 0 bridgehead atoms. The number of amides is 1. The minimum atomic E-state index is -2.17. The second kappa shape index (κ2) is 2.76. The zero-order valence-corrected chi connectivity index (χ0v) is 5.87. The van der Waals surface area contributed by atoms with Gasteiger partial charge in [0.1, 0.15) is 0 Å². The number of primary amides is 1. The van der Waals surface area contributed by atoms with Crippen molar-refractivity contribution in [1.82, 2.24) is 4.90 Å². The van der Waals surface area contributed by atoms with Crippen LogP contribution in [0.5, 0.6) is 0 Å². The molecule has 58 valence electrons. The van der Waals surface area contributed by atoms with Gasteiger partial charge in [-0.1, -0.05) is 0 Å². The topological polar surface area (TPSA) is 83.6 Å². The molecule has 5 heteroatoms. The number of rotatable bonds is 3. The van der Waals surface area contributed by atoms with E-state index in [4.69, 9.17) is 10.8 Å². The molecule has 0 unspecified atom stereocenters. The lowest BCUT2D eigenvalue weighted by Crippen LogP contribution is -2.55. The Kier molecular flexibility index (Phi) is 2.50. The third-order valence-electron chi connectivity index (χ3n) is 1.21. The van der Waals surface area contributed by atoms with Gasteiger partial charge in [0.2, 0.25) is 0 Å². The van der Waals surface area contributed by atoms with Gasteiger partial charge in [0.15, 0.2) is 6.29 Å². The summed E-state index contributed by atoms with van der Waals surface area (Å²) in [6.45, 7) is 0. The second-order valence-corrected chi connectivity index (χ2v) is 2.10. The molecule has 0 saturated carbocycles. The number of aldehydes is 1. The fourth-order valence-corrected chi connectivity index (χ4v) is 0.384. The normalized spacial score (nSPS) is 16.4. The first-order valence-corrected chi connectivity index (χ1v) is 2.61. The summed E-state index contributed by atoms with van der Waals surface area (Å²) < 4.78 is 0. The molecule has 10 heavy (non-hydrogen) atoms. The van der Waals surface area contributed by atoms with Gasteiger partial charge in [0.05, 0.1) is 0 Å². The van der Waals surface area contributed by atoms with E-state index < -0.39 is 11.6 Å². The van der Waals surface area contributed by atoms with Crippen molar-refractivity contribution in [3.8, 4) is 0 Å². The number of carbonyl (C=O) groups excluding carboxylic acids is 2. The fourth-order valence-electron chi connectivity index (χ4n) is 0.384. The van der Waals surface area contributed by atoms with E-state index in [0.29, 0.717) is 0 Å². The molecule has 0 fully saturated rings. The number of hydrogen-bond donors (Lipinski definition) is 2. The summed E-state index contributed by atoms with van der Waals surface area (Å²) in [4.78, 5) is 21.5. The zero-order valence-electron chi connectivity index (χ0n) is 5.87. The third-order valence-corrected chi connectivity index (χ3v) is 1.21. The molecule has 0 aromatic rings. The van der Waals surface area contributed by atoms with Crippen molar-refractivity contribution in [2.45, 2.75) is 5.72 Å². The summed E-state index contributed by atoms with van der Waals surface area (Å²) in [6, 6.07) is 0. The van der Waals surface area contributed by atoms with Crippen LogP contribution >= 0.6 is 0 Å². The maximum atomic E-state index is 10.4. The summed E-state index contributed by atoms with van der Waals surface area (Å²) in [6.07, 6.45) is 0.0926. The van der Waals surface area contributed by atoms with E-state index in [1.165, 1.54) is 14.1 Å². The Bertz CT molecular complexity index is 157. The number of aliphatic hydroxyl groups is 1. The Morgan fingerprint density at radius 1 is 1.70 bits per heavy atom. The van der Waals surface area contributed by atoms with Crippen LogP contribution in [0.4, 0.5) is 0 Å². The van der Waals surface area contributed by atoms with E-state index in [1.54, 1.807) is 0 Å². The van der Waals surface area contributed by atoms with Crippen molar-refractivity contribution in [2.75, 3.05) is 14.1 Å². The first kappa shape index (κ1) is 9.06. The summed E-state index contributed by atoms with van der Waals surface area (Å²) in [5.74, 6) is -1.08. The number of carbonyl (C=O) groups is 2. The molecule has 0 spiro atoms. The number of hydrogen-bond acceptors (Lipinski definition) is 4. The fraction of sp³-hybridized carbons (Fsp3) is 0.600. The number of likely N-dealkylation sites (N-methyl/N-ethyl adjacent to an activating group) is 1. The van der Waals surface area contributed by atoms with E-state index in [9.17, 15) is 9.59 Å². The highest BCUT2D eigenvalue weighted by Crippen LogP contribution is 2.01. The minimum Gasteiger partial charge on any atom is -0.366 e. The van der Waals surface area contributed by atoms with Crippen molar-refractivity contribution in [2.24, 2.45) is 5.73 Å². The molecule has 0 aromatic carbocycles. The molecule has 0 aliphatic rings. The van der Waals surface area contributed by atoms with Crippen molar-refractivity contribution in [3.05, 3.63) is 0 Å². The van der Waals surface area contributed by atoms with Gasteiger partial charge < -0.3 is 10.8 Å². The van der Waals surface area contributed by atoms with Crippen molar-refractivity contribution in [1.29, 1.82) is 0 Å². The van der Waals surface area contributed by atoms with Crippen molar-refractivity contribution >= 4 is 12.2 Å². The van der Waals surface area contributed by atoms with Crippen LogP contribution < -0.4 is 5.73 Å². The SMILES string of the molecule is CN(C)[C@](O)(C=O)C(N)=O. The summed E-state index contributed by atoms with van der Waals surface area (Å²) >= 11 is 0. The van der Waals surface area contributed by atoms with Crippen LogP contribution in [0.2, 0.25) is 0 Å². The van der Waals surface area contributed by atoms with E-state index in [2.05, 4.69) is 0 Å². The molecule has 5 nitrogen and oxygen atoms in total. The largest absolute Gasteiger partial charge is 0.366 e. The molecule has 0 saturated heterocycles. The third kappa shape index (κ3) is 1.31. The number of nitrogens with zero attached hydrogens (tertiary/aromatic N) is 1. The van der Waals surface area contributed by atoms with Gasteiger partial charge in [-0.15, -0.1) is 0 Å². The van der Waals surface area contributed by atoms with E-state index in [0.717, 1.165) is 4.90 Å². The first-order valence-electron chi connectivity index (χ1n) is 2.61. The molecule has 0 rings (SSSR count). The zero-order chi connectivity index (χ0) is 8.36. The smallest absolute Gasteiger partial charge is 0.272 e. The second-order valence-electron chi connectivity index (χ2n) is 2.10. The molecular formula is C5H10N2O3. The highest BCUT2D eigenvalue weighted by Gasteiger charge is 2.35. The first-order chi connectivity index (χ1) is 4.45. The molecular weight excluding hydrogens is 136 g/mol. The van der Waals surface area contributed by atoms with Gasteiger partial charge in [0, 0.05) is 0 Å². The van der Waals surface area contributed by atoms with Crippen LogP contribution in [-0.4, -0.2) is 42.0 Å².